The van der Waals surface area contributed by atoms with Crippen molar-refractivity contribution in [1.29, 1.82) is 0 Å². The van der Waals surface area contributed by atoms with E-state index in [1.54, 1.807) is 0 Å². The first-order valence-electron chi connectivity index (χ1n) is 9.76. The molecule has 6 nitrogen and oxygen atoms in total. The van der Waals surface area contributed by atoms with Crippen molar-refractivity contribution in [2.75, 3.05) is 25.0 Å². The van der Waals surface area contributed by atoms with Gasteiger partial charge in [0.05, 0.1) is 10.6 Å². The molecule has 1 atom stereocenters. The fraction of sp³-hybridized carbons (Fsp3) is 0.632. The predicted octanol–water partition coefficient (Wildman–Crippen LogP) is 3.68. The third kappa shape index (κ3) is 6.05. The predicted molar refractivity (Wildman–Crippen MR) is 114 cm³/mol. The van der Waals surface area contributed by atoms with Crippen molar-refractivity contribution < 1.29 is 13.5 Å². The number of hydrogen-bond acceptors (Lipinski definition) is 4. The van der Waals surface area contributed by atoms with Crippen molar-refractivity contribution in [2.24, 2.45) is 5.92 Å². The molecular weight excluding hydrogens is 382 g/mol. The van der Waals surface area contributed by atoms with Crippen LogP contribution in [0.1, 0.15) is 52.4 Å². The van der Waals surface area contributed by atoms with E-state index in [9.17, 15) is 13.5 Å². The molecule has 0 saturated carbocycles. The van der Waals surface area contributed by atoms with Crippen molar-refractivity contribution in [3.63, 3.8) is 0 Å². The van der Waals surface area contributed by atoms with Crippen LogP contribution in [0.5, 0.6) is 5.75 Å². The first-order valence-corrected chi connectivity index (χ1v) is 11.6. The van der Waals surface area contributed by atoms with Crippen LogP contribution in [0, 0.1) is 5.92 Å². The molecule has 0 amide bonds. The lowest BCUT2D eigenvalue weighted by Crippen LogP contribution is -2.33. The molecule has 1 heterocycles. The minimum Gasteiger partial charge on any atom is -0.506 e. The number of aromatic hydroxyl groups is 1. The molecule has 1 aliphatic heterocycles. The zero-order valence-electron chi connectivity index (χ0n) is 16.2. The molecule has 8 heteroatoms. The van der Waals surface area contributed by atoms with Crippen LogP contribution in [0.4, 0.5) is 5.69 Å². The molecule has 0 unspecified atom stereocenters. The summed E-state index contributed by atoms with van der Waals surface area (Å²) >= 11 is 5.33. The van der Waals surface area contributed by atoms with E-state index in [1.165, 1.54) is 35.3 Å². The van der Waals surface area contributed by atoms with Gasteiger partial charge in [-0.3, -0.25) is 0 Å². The molecule has 0 spiro atoms. The molecule has 0 aliphatic carbocycles. The summed E-state index contributed by atoms with van der Waals surface area (Å²) in [5, 5.41) is 16.6. The number of rotatable bonds is 9. The third-order valence-electron chi connectivity index (χ3n) is 5.01. The molecule has 0 radical (unpaired) electrons. The largest absolute Gasteiger partial charge is 0.506 e. The fourth-order valence-corrected chi connectivity index (χ4v) is 4.94. The zero-order valence-corrected chi connectivity index (χ0v) is 17.8. The SMILES string of the molecule is CCCC[C@@H](CC)CNC(=S)Nc1cc(S(=O)(=O)N2CCCC2)ccc1O. The van der Waals surface area contributed by atoms with Gasteiger partial charge in [0.1, 0.15) is 5.75 Å². The summed E-state index contributed by atoms with van der Waals surface area (Å²) in [5.74, 6) is 0.512. The number of nitrogens with one attached hydrogen (secondary N) is 2. The smallest absolute Gasteiger partial charge is 0.243 e. The van der Waals surface area contributed by atoms with Crippen molar-refractivity contribution >= 4 is 33.0 Å². The molecule has 1 aromatic rings. The Labute approximate surface area is 168 Å². The lowest BCUT2D eigenvalue weighted by atomic mass is 9.99. The Bertz CT molecular complexity index is 732. The van der Waals surface area contributed by atoms with Gasteiger partial charge in [-0.15, -0.1) is 0 Å². The number of thiocarbonyl (C=S) groups is 1. The number of sulfonamides is 1. The third-order valence-corrected chi connectivity index (χ3v) is 7.15. The van der Waals surface area contributed by atoms with Crippen molar-refractivity contribution in [1.82, 2.24) is 9.62 Å². The maximum Gasteiger partial charge on any atom is 0.243 e. The normalized spacial score (nSPS) is 16.2. The minimum atomic E-state index is -3.54. The van der Waals surface area contributed by atoms with Crippen LogP contribution in [0.25, 0.3) is 0 Å². The number of benzene rings is 1. The van der Waals surface area contributed by atoms with Crippen LogP contribution in [-0.2, 0) is 10.0 Å². The van der Waals surface area contributed by atoms with E-state index in [-0.39, 0.29) is 10.6 Å². The van der Waals surface area contributed by atoms with Crippen molar-refractivity contribution in [3.05, 3.63) is 18.2 Å². The van der Waals surface area contributed by atoms with Gasteiger partial charge in [0, 0.05) is 19.6 Å². The van der Waals surface area contributed by atoms with E-state index >= 15 is 0 Å². The van der Waals surface area contributed by atoms with Crippen LogP contribution in [0.3, 0.4) is 0 Å². The van der Waals surface area contributed by atoms with Gasteiger partial charge >= 0.3 is 0 Å². The quantitative estimate of drug-likeness (QED) is 0.423. The second kappa shape index (κ2) is 10.2. The number of nitrogens with zero attached hydrogens (tertiary/aromatic N) is 1. The molecule has 3 N–H and O–H groups in total. The van der Waals surface area contributed by atoms with Gasteiger partial charge < -0.3 is 15.7 Å². The molecule has 0 aromatic heterocycles. The standard InChI is InChI=1S/C19H31N3O3S2/c1-3-5-8-15(4-2)14-20-19(26)21-17-13-16(9-10-18(17)23)27(24,25)22-11-6-7-12-22/h9-10,13,15,23H,3-8,11-12,14H2,1-2H3,(H2,20,21,26)/t15-/m1/s1. The Hall–Kier alpha value is -1.38. The number of phenols is 1. The molecular formula is C19H31N3O3S2. The van der Waals surface area contributed by atoms with E-state index in [1.807, 2.05) is 0 Å². The number of phenolic OH excluding ortho intramolecular Hbond substituents is 1. The van der Waals surface area contributed by atoms with Crippen molar-refractivity contribution in [3.8, 4) is 5.75 Å². The summed E-state index contributed by atoms with van der Waals surface area (Å²) in [5.41, 5.74) is 0.300. The van der Waals surface area contributed by atoms with E-state index in [0.717, 1.165) is 32.2 Å². The van der Waals surface area contributed by atoms with E-state index in [2.05, 4.69) is 24.5 Å². The van der Waals surface area contributed by atoms with Gasteiger partial charge in [0.25, 0.3) is 0 Å². The monoisotopic (exact) mass is 413 g/mol. The molecule has 2 rings (SSSR count). The van der Waals surface area contributed by atoms with Crippen LogP contribution < -0.4 is 10.6 Å². The second-order valence-corrected chi connectivity index (χ2v) is 9.39. The van der Waals surface area contributed by atoms with Crippen LogP contribution in [0.2, 0.25) is 0 Å². The number of unbranched alkanes of at least 4 members (excludes halogenated alkanes) is 1. The highest BCUT2D eigenvalue weighted by Gasteiger charge is 2.27. The first kappa shape index (κ1) is 21.9. The summed E-state index contributed by atoms with van der Waals surface area (Å²) in [7, 11) is -3.54. The van der Waals surface area contributed by atoms with Gasteiger partial charge in [-0.1, -0.05) is 33.1 Å². The number of hydrogen-bond donors (Lipinski definition) is 3. The average molecular weight is 414 g/mol. The number of anilines is 1. The van der Waals surface area contributed by atoms with Crippen LogP contribution in [-0.4, -0.2) is 42.6 Å². The molecule has 1 saturated heterocycles. The molecule has 27 heavy (non-hydrogen) atoms. The molecule has 1 aromatic carbocycles. The van der Waals surface area contributed by atoms with Gasteiger partial charge in [-0.25, -0.2) is 8.42 Å². The summed E-state index contributed by atoms with van der Waals surface area (Å²) in [6.07, 6.45) is 6.35. The lowest BCUT2D eigenvalue weighted by Gasteiger charge is -2.19. The van der Waals surface area contributed by atoms with Gasteiger partial charge in [0.2, 0.25) is 10.0 Å². The van der Waals surface area contributed by atoms with Crippen LogP contribution >= 0.6 is 12.2 Å². The topological polar surface area (TPSA) is 81.7 Å². The highest BCUT2D eigenvalue weighted by atomic mass is 32.2. The van der Waals surface area contributed by atoms with Gasteiger partial charge in [0.15, 0.2) is 5.11 Å². The summed E-state index contributed by atoms with van der Waals surface area (Å²) in [6.45, 7) is 6.19. The summed E-state index contributed by atoms with van der Waals surface area (Å²) in [6, 6.07) is 4.28. The summed E-state index contributed by atoms with van der Waals surface area (Å²) in [4.78, 5) is 0.168. The first-order chi connectivity index (χ1) is 12.9. The Balaban J connectivity index is 2.02. The Morgan fingerprint density at radius 3 is 2.63 bits per heavy atom. The molecule has 0 bridgehead atoms. The van der Waals surface area contributed by atoms with Gasteiger partial charge in [-0.2, -0.15) is 4.31 Å². The molecule has 152 valence electrons. The maximum atomic E-state index is 12.7. The highest BCUT2D eigenvalue weighted by molar-refractivity contribution is 7.89. The summed E-state index contributed by atoms with van der Waals surface area (Å²) < 4.78 is 26.9. The Morgan fingerprint density at radius 1 is 1.30 bits per heavy atom. The minimum absolute atomic E-state index is 0.0300. The maximum absolute atomic E-state index is 12.7. The molecule has 1 aliphatic rings. The van der Waals surface area contributed by atoms with Gasteiger partial charge in [-0.05, 0) is 55.6 Å². The Kier molecular flexibility index (Phi) is 8.31. The molecule has 1 fully saturated rings. The zero-order chi connectivity index (χ0) is 19.9. The fourth-order valence-electron chi connectivity index (χ4n) is 3.20. The van der Waals surface area contributed by atoms with E-state index in [0.29, 0.717) is 29.8 Å². The Morgan fingerprint density at radius 2 is 2.00 bits per heavy atom. The van der Waals surface area contributed by atoms with E-state index in [4.69, 9.17) is 12.2 Å². The van der Waals surface area contributed by atoms with Crippen LogP contribution in [0.15, 0.2) is 23.1 Å². The van der Waals surface area contributed by atoms with Crippen molar-refractivity contribution in [2.45, 2.75) is 57.3 Å². The highest BCUT2D eigenvalue weighted by Crippen LogP contribution is 2.29. The lowest BCUT2D eigenvalue weighted by molar-refractivity contribution is 0.446. The van der Waals surface area contributed by atoms with E-state index < -0.39 is 10.0 Å². The average Bonchev–Trinajstić information content (AvgIpc) is 3.19. The second-order valence-electron chi connectivity index (χ2n) is 7.04.